The van der Waals surface area contributed by atoms with Crippen LogP contribution >= 0.6 is 0 Å². The van der Waals surface area contributed by atoms with Gasteiger partial charge in [0.25, 0.3) is 0 Å². The van der Waals surface area contributed by atoms with Gasteiger partial charge in [0.1, 0.15) is 0 Å². The summed E-state index contributed by atoms with van der Waals surface area (Å²) < 4.78 is 0. The van der Waals surface area contributed by atoms with E-state index in [0.29, 0.717) is 0 Å². The fraction of sp³-hybridized carbons (Fsp3) is 0.600. The first kappa shape index (κ1) is 9.48. The van der Waals surface area contributed by atoms with Gasteiger partial charge in [-0.1, -0.05) is 12.5 Å². The first-order valence-electron chi connectivity index (χ1n) is 3.81. The average molecular weight is 137 g/mol. The monoisotopic (exact) mass is 137 g/mol. The molecular formula is C10H17. The Balaban J connectivity index is 4.46. The minimum atomic E-state index is 1.14. The van der Waals surface area contributed by atoms with E-state index in [4.69, 9.17) is 0 Å². The molecule has 0 saturated carbocycles. The quantitative estimate of drug-likeness (QED) is 0.511. The molecule has 0 aliphatic rings. The maximum Gasteiger partial charge on any atom is -0.0346 e. The molecule has 0 aliphatic carbocycles. The summed E-state index contributed by atoms with van der Waals surface area (Å²) in [6.45, 7) is 10.6. The van der Waals surface area contributed by atoms with Crippen molar-refractivity contribution in [2.75, 3.05) is 0 Å². The van der Waals surface area contributed by atoms with Crippen molar-refractivity contribution in [3.8, 4) is 0 Å². The van der Waals surface area contributed by atoms with Crippen molar-refractivity contribution in [1.82, 2.24) is 0 Å². The van der Waals surface area contributed by atoms with Crippen molar-refractivity contribution >= 4 is 0 Å². The molecule has 0 rings (SSSR count). The highest BCUT2D eigenvalue weighted by atomic mass is 14.0. The van der Waals surface area contributed by atoms with Gasteiger partial charge in [-0.15, -0.1) is 0 Å². The number of rotatable bonds is 2. The van der Waals surface area contributed by atoms with Crippen molar-refractivity contribution in [2.45, 2.75) is 41.0 Å². The minimum absolute atomic E-state index is 1.14. The van der Waals surface area contributed by atoms with E-state index in [1.165, 1.54) is 16.7 Å². The van der Waals surface area contributed by atoms with E-state index in [2.05, 4.69) is 33.8 Å². The maximum atomic E-state index is 3.14. The first-order valence-corrected chi connectivity index (χ1v) is 3.81. The summed E-state index contributed by atoms with van der Waals surface area (Å²) in [5.41, 5.74) is 4.14. The zero-order valence-corrected chi connectivity index (χ0v) is 7.71. The van der Waals surface area contributed by atoms with Crippen LogP contribution in [0.25, 0.3) is 0 Å². The Morgan fingerprint density at radius 2 is 1.70 bits per heavy atom. The van der Waals surface area contributed by atoms with Gasteiger partial charge < -0.3 is 0 Å². The molecule has 0 amide bonds. The van der Waals surface area contributed by atoms with Crippen LogP contribution < -0.4 is 0 Å². The molecule has 0 saturated heterocycles. The van der Waals surface area contributed by atoms with Crippen molar-refractivity contribution < 1.29 is 0 Å². The van der Waals surface area contributed by atoms with Crippen LogP contribution in [-0.4, -0.2) is 0 Å². The molecule has 10 heavy (non-hydrogen) atoms. The predicted molar refractivity (Wildman–Crippen MR) is 46.8 cm³/mol. The first-order chi connectivity index (χ1) is 4.63. The van der Waals surface area contributed by atoms with Gasteiger partial charge in [0.2, 0.25) is 0 Å². The largest absolute Gasteiger partial charge is 0.0704 e. The van der Waals surface area contributed by atoms with Crippen LogP contribution in [0.15, 0.2) is 16.7 Å². The summed E-state index contributed by atoms with van der Waals surface area (Å²) in [4.78, 5) is 0. The number of hydrogen-bond acceptors (Lipinski definition) is 0. The lowest BCUT2D eigenvalue weighted by Gasteiger charge is -2.04. The second kappa shape index (κ2) is 4.32. The predicted octanol–water partition coefficient (Wildman–Crippen LogP) is 3.50. The van der Waals surface area contributed by atoms with Gasteiger partial charge >= 0.3 is 0 Å². The smallest absolute Gasteiger partial charge is 0.0346 e. The molecule has 0 aromatic heterocycles. The summed E-state index contributed by atoms with van der Waals surface area (Å²) >= 11 is 0. The number of hydrogen-bond donors (Lipinski definition) is 0. The topological polar surface area (TPSA) is 0 Å². The molecule has 0 aromatic carbocycles. The van der Waals surface area contributed by atoms with Crippen LogP contribution in [0.1, 0.15) is 41.0 Å². The van der Waals surface area contributed by atoms with Gasteiger partial charge in [0.15, 0.2) is 0 Å². The Morgan fingerprint density at radius 1 is 1.20 bits per heavy atom. The fourth-order valence-electron chi connectivity index (χ4n) is 0.773. The van der Waals surface area contributed by atoms with Crippen molar-refractivity contribution in [1.29, 1.82) is 0 Å². The Hall–Kier alpha value is -0.520. The van der Waals surface area contributed by atoms with Crippen molar-refractivity contribution in [2.24, 2.45) is 0 Å². The molecule has 0 fully saturated rings. The third-order valence-corrected chi connectivity index (χ3v) is 2.11. The SMILES string of the molecule is C/[C]=C(C)\C(C)=C(/C)CC. The molecule has 0 unspecified atom stereocenters. The zero-order valence-electron chi connectivity index (χ0n) is 7.71. The fourth-order valence-corrected chi connectivity index (χ4v) is 0.773. The molecule has 57 valence electrons. The van der Waals surface area contributed by atoms with Crippen molar-refractivity contribution in [3.63, 3.8) is 0 Å². The van der Waals surface area contributed by atoms with Gasteiger partial charge in [-0.3, -0.25) is 0 Å². The Kier molecular flexibility index (Phi) is 4.10. The molecular weight excluding hydrogens is 120 g/mol. The molecule has 0 heteroatoms. The molecule has 0 aliphatic heterocycles. The Labute approximate surface area is 64.6 Å². The lowest BCUT2D eigenvalue weighted by molar-refractivity contribution is 1.05. The highest BCUT2D eigenvalue weighted by molar-refractivity contribution is 5.28. The van der Waals surface area contributed by atoms with E-state index in [1.54, 1.807) is 0 Å². The second-order valence-electron chi connectivity index (χ2n) is 2.63. The summed E-state index contributed by atoms with van der Waals surface area (Å²) in [6.07, 6.45) is 4.28. The third-order valence-electron chi connectivity index (χ3n) is 2.11. The summed E-state index contributed by atoms with van der Waals surface area (Å²) in [5, 5.41) is 0. The molecule has 0 aromatic rings. The third kappa shape index (κ3) is 2.38. The lowest BCUT2D eigenvalue weighted by atomic mass is 10.0. The standard InChI is InChI=1S/C10H17/c1-6-8(3)10(5)9(4)7-2/h6H2,1-5H3/b9-7?,10-8+. The van der Waals surface area contributed by atoms with E-state index in [9.17, 15) is 0 Å². The molecule has 0 atom stereocenters. The highest BCUT2D eigenvalue weighted by Crippen LogP contribution is 2.14. The van der Waals surface area contributed by atoms with Crippen molar-refractivity contribution in [3.05, 3.63) is 22.8 Å². The molecule has 0 N–H and O–H groups in total. The molecule has 0 heterocycles. The van der Waals surface area contributed by atoms with Gasteiger partial charge in [-0.2, -0.15) is 0 Å². The van der Waals surface area contributed by atoms with E-state index in [0.717, 1.165) is 6.42 Å². The maximum absolute atomic E-state index is 3.14. The minimum Gasteiger partial charge on any atom is -0.0704 e. The van der Waals surface area contributed by atoms with E-state index < -0.39 is 0 Å². The van der Waals surface area contributed by atoms with Gasteiger partial charge in [-0.25, -0.2) is 0 Å². The lowest BCUT2D eigenvalue weighted by Crippen LogP contribution is -1.84. The van der Waals surface area contributed by atoms with Crippen LogP contribution in [0.3, 0.4) is 0 Å². The average Bonchev–Trinajstić information content (AvgIpc) is 2.00. The summed E-state index contributed by atoms with van der Waals surface area (Å²) in [5.74, 6) is 0. The number of allylic oxidation sites excluding steroid dienone is 4. The van der Waals surface area contributed by atoms with Gasteiger partial charge in [0.05, 0.1) is 0 Å². The Morgan fingerprint density at radius 3 is 2.00 bits per heavy atom. The normalized spacial score (nSPS) is 15.1. The molecule has 0 nitrogen and oxygen atoms in total. The highest BCUT2D eigenvalue weighted by Gasteiger charge is 1.94. The molecule has 0 spiro atoms. The second-order valence-corrected chi connectivity index (χ2v) is 2.63. The van der Waals surface area contributed by atoms with Crippen LogP contribution in [0.5, 0.6) is 0 Å². The molecule has 1 radical (unpaired) electrons. The van der Waals surface area contributed by atoms with Gasteiger partial charge in [0, 0.05) is 0 Å². The van der Waals surface area contributed by atoms with Crippen LogP contribution in [0, 0.1) is 6.08 Å². The zero-order chi connectivity index (χ0) is 8.15. The van der Waals surface area contributed by atoms with E-state index in [-0.39, 0.29) is 0 Å². The van der Waals surface area contributed by atoms with Crippen LogP contribution in [0.4, 0.5) is 0 Å². The van der Waals surface area contributed by atoms with E-state index in [1.807, 2.05) is 6.92 Å². The van der Waals surface area contributed by atoms with Crippen LogP contribution in [-0.2, 0) is 0 Å². The summed E-state index contributed by atoms with van der Waals surface area (Å²) in [7, 11) is 0. The molecule has 0 bridgehead atoms. The van der Waals surface area contributed by atoms with E-state index >= 15 is 0 Å². The summed E-state index contributed by atoms with van der Waals surface area (Å²) in [6, 6.07) is 0. The van der Waals surface area contributed by atoms with Gasteiger partial charge in [-0.05, 0) is 51.3 Å². The Bertz CT molecular complexity index is 159. The van der Waals surface area contributed by atoms with Crippen LogP contribution in [0.2, 0.25) is 0 Å².